The first-order valence-electron chi connectivity index (χ1n) is 7.09. The van der Waals surface area contributed by atoms with Crippen LogP contribution in [0.1, 0.15) is 19.8 Å². The van der Waals surface area contributed by atoms with Crippen LogP contribution >= 0.6 is 11.3 Å². The van der Waals surface area contributed by atoms with E-state index in [4.69, 9.17) is 5.73 Å². The standard InChI is InChI=1S/C14H18N4O2S/c1-9-4-5-17(10(6-9)7-15)11-2-3-12-13(16-8-21-12)14(11)18(19)20/h2-3,8-10H,4-7,15H2,1H3. The van der Waals surface area contributed by atoms with E-state index in [0.29, 0.717) is 23.7 Å². The predicted molar refractivity (Wildman–Crippen MR) is 84.9 cm³/mol. The fourth-order valence-corrected chi connectivity index (χ4v) is 3.79. The smallest absolute Gasteiger partial charge is 0.319 e. The average Bonchev–Trinajstić information content (AvgIpc) is 2.94. The number of hydrogen-bond donors (Lipinski definition) is 1. The van der Waals surface area contributed by atoms with Gasteiger partial charge in [0.2, 0.25) is 0 Å². The lowest BCUT2D eigenvalue weighted by Crippen LogP contribution is -2.46. The molecule has 6 nitrogen and oxygen atoms in total. The number of nitro groups is 1. The Morgan fingerprint density at radius 2 is 2.38 bits per heavy atom. The van der Waals surface area contributed by atoms with Crippen molar-refractivity contribution in [3.05, 3.63) is 27.8 Å². The van der Waals surface area contributed by atoms with Gasteiger partial charge in [-0.3, -0.25) is 10.1 Å². The summed E-state index contributed by atoms with van der Waals surface area (Å²) in [5.41, 5.74) is 8.79. The fraction of sp³-hybridized carbons (Fsp3) is 0.500. The molecule has 0 saturated carbocycles. The van der Waals surface area contributed by atoms with E-state index in [1.807, 2.05) is 12.1 Å². The van der Waals surface area contributed by atoms with Crippen LogP contribution in [0.2, 0.25) is 0 Å². The van der Waals surface area contributed by atoms with Gasteiger partial charge in [-0.15, -0.1) is 11.3 Å². The average molecular weight is 306 g/mol. The maximum Gasteiger partial charge on any atom is 0.319 e. The lowest BCUT2D eigenvalue weighted by atomic mass is 9.91. The van der Waals surface area contributed by atoms with Crippen LogP contribution in [0.15, 0.2) is 17.6 Å². The van der Waals surface area contributed by atoms with Crippen molar-refractivity contribution in [2.24, 2.45) is 11.7 Å². The summed E-state index contributed by atoms with van der Waals surface area (Å²) in [6.45, 7) is 3.52. The molecule has 2 heterocycles. The number of thiazole rings is 1. The largest absolute Gasteiger partial charge is 0.362 e. The summed E-state index contributed by atoms with van der Waals surface area (Å²) in [6, 6.07) is 3.92. The Hall–Kier alpha value is -1.73. The van der Waals surface area contributed by atoms with E-state index in [9.17, 15) is 10.1 Å². The lowest BCUT2D eigenvalue weighted by Gasteiger charge is -2.39. The van der Waals surface area contributed by atoms with Crippen LogP contribution in [0.25, 0.3) is 10.2 Å². The molecule has 112 valence electrons. The SMILES string of the molecule is CC1CCN(c2ccc3scnc3c2[N+](=O)[O-])C(CN)C1. The molecule has 1 aliphatic heterocycles. The van der Waals surface area contributed by atoms with Crippen molar-refractivity contribution in [1.29, 1.82) is 0 Å². The van der Waals surface area contributed by atoms with Crippen molar-refractivity contribution in [1.82, 2.24) is 4.98 Å². The van der Waals surface area contributed by atoms with Gasteiger partial charge in [-0.1, -0.05) is 6.92 Å². The third-order valence-electron chi connectivity index (χ3n) is 4.20. The molecule has 7 heteroatoms. The zero-order valence-electron chi connectivity index (χ0n) is 11.9. The number of piperidine rings is 1. The first kappa shape index (κ1) is 14.2. The van der Waals surface area contributed by atoms with Crippen molar-refractivity contribution in [3.63, 3.8) is 0 Å². The second-order valence-corrected chi connectivity index (χ2v) is 6.49. The van der Waals surface area contributed by atoms with Gasteiger partial charge in [-0.05, 0) is 30.9 Å². The summed E-state index contributed by atoms with van der Waals surface area (Å²) in [5.74, 6) is 0.608. The number of nitrogens with zero attached hydrogens (tertiary/aromatic N) is 3. The monoisotopic (exact) mass is 306 g/mol. The summed E-state index contributed by atoms with van der Waals surface area (Å²) in [7, 11) is 0. The van der Waals surface area contributed by atoms with Crippen molar-refractivity contribution >= 4 is 32.9 Å². The highest BCUT2D eigenvalue weighted by Crippen LogP contribution is 2.39. The van der Waals surface area contributed by atoms with Crippen LogP contribution in [-0.2, 0) is 0 Å². The van der Waals surface area contributed by atoms with Gasteiger partial charge in [0.05, 0.1) is 15.1 Å². The number of rotatable bonds is 3. The molecule has 0 radical (unpaired) electrons. The highest BCUT2D eigenvalue weighted by Gasteiger charge is 2.31. The molecular formula is C14H18N4O2S. The number of nitrogens with two attached hydrogens (primary N) is 1. The first-order valence-corrected chi connectivity index (χ1v) is 7.97. The molecule has 0 spiro atoms. The van der Waals surface area contributed by atoms with Gasteiger partial charge in [0, 0.05) is 19.1 Å². The van der Waals surface area contributed by atoms with Gasteiger partial charge in [-0.25, -0.2) is 4.98 Å². The van der Waals surface area contributed by atoms with E-state index in [2.05, 4.69) is 16.8 Å². The van der Waals surface area contributed by atoms with E-state index < -0.39 is 0 Å². The summed E-state index contributed by atoms with van der Waals surface area (Å²) in [6.07, 6.45) is 2.01. The third kappa shape index (κ3) is 2.47. The summed E-state index contributed by atoms with van der Waals surface area (Å²) >= 11 is 1.42. The van der Waals surface area contributed by atoms with Crippen molar-refractivity contribution < 1.29 is 4.92 Å². The summed E-state index contributed by atoms with van der Waals surface area (Å²) in [4.78, 5) is 17.5. The Bertz CT molecular complexity index is 672. The Morgan fingerprint density at radius 1 is 1.57 bits per heavy atom. The Balaban J connectivity index is 2.10. The highest BCUT2D eigenvalue weighted by atomic mass is 32.1. The van der Waals surface area contributed by atoms with Crippen LogP contribution in [0.3, 0.4) is 0 Å². The minimum atomic E-state index is -0.316. The molecule has 1 aliphatic rings. The number of benzene rings is 1. The van der Waals surface area contributed by atoms with Gasteiger partial charge in [0.1, 0.15) is 5.69 Å². The summed E-state index contributed by atoms with van der Waals surface area (Å²) < 4.78 is 0.847. The van der Waals surface area contributed by atoms with Crippen LogP contribution in [0.4, 0.5) is 11.4 Å². The Morgan fingerprint density at radius 3 is 3.10 bits per heavy atom. The first-order chi connectivity index (χ1) is 10.1. The minimum absolute atomic E-state index is 0.113. The molecular weight excluding hydrogens is 288 g/mol. The number of aromatic nitrogens is 1. The van der Waals surface area contributed by atoms with E-state index in [-0.39, 0.29) is 16.7 Å². The third-order valence-corrected chi connectivity index (χ3v) is 4.99. The highest BCUT2D eigenvalue weighted by molar-refractivity contribution is 7.16. The molecule has 0 amide bonds. The Kier molecular flexibility index (Phi) is 3.77. The topological polar surface area (TPSA) is 85.3 Å². The quantitative estimate of drug-likeness (QED) is 0.696. The summed E-state index contributed by atoms with van der Waals surface area (Å²) in [5, 5.41) is 11.5. The second-order valence-electron chi connectivity index (χ2n) is 5.60. The predicted octanol–water partition coefficient (Wildman–Crippen LogP) is 2.77. The number of hydrogen-bond acceptors (Lipinski definition) is 6. The van der Waals surface area contributed by atoms with Crippen molar-refractivity contribution in [3.8, 4) is 0 Å². The van der Waals surface area contributed by atoms with Crippen LogP contribution < -0.4 is 10.6 Å². The Labute approximate surface area is 126 Å². The molecule has 1 fully saturated rings. The molecule has 21 heavy (non-hydrogen) atoms. The van der Waals surface area contributed by atoms with Gasteiger partial charge in [0.25, 0.3) is 0 Å². The molecule has 2 unspecified atom stereocenters. The number of fused-ring (bicyclic) bond motifs is 1. The zero-order valence-corrected chi connectivity index (χ0v) is 12.7. The van der Waals surface area contributed by atoms with Crippen molar-refractivity contribution in [2.45, 2.75) is 25.8 Å². The van der Waals surface area contributed by atoms with E-state index in [1.54, 1.807) is 5.51 Å². The van der Waals surface area contributed by atoms with Crippen molar-refractivity contribution in [2.75, 3.05) is 18.0 Å². The van der Waals surface area contributed by atoms with Gasteiger partial charge in [-0.2, -0.15) is 0 Å². The van der Waals surface area contributed by atoms with Gasteiger partial charge in [0.15, 0.2) is 5.52 Å². The molecule has 1 aromatic heterocycles. The van der Waals surface area contributed by atoms with Crippen LogP contribution in [0, 0.1) is 16.0 Å². The lowest BCUT2D eigenvalue weighted by molar-refractivity contribution is -0.382. The molecule has 2 atom stereocenters. The van der Waals surface area contributed by atoms with E-state index >= 15 is 0 Å². The molecule has 0 bridgehead atoms. The number of anilines is 1. The molecule has 0 aliphatic carbocycles. The van der Waals surface area contributed by atoms with E-state index in [1.165, 1.54) is 11.3 Å². The minimum Gasteiger partial charge on any atom is -0.362 e. The molecule has 2 N–H and O–H groups in total. The number of nitro benzene ring substituents is 1. The molecule has 3 rings (SSSR count). The van der Waals surface area contributed by atoms with Gasteiger partial charge >= 0.3 is 5.69 Å². The molecule has 1 aromatic carbocycles. The molecule has 1 saturated heterocycles. The maximum atomic E-state index is 11.5. The van der Waals surface area contributed by atoms with Gasteiger partial charge < -0.3 is 10.6 Å². The fourth-order valence-electron chi connectivity index (χ4n) is 3.11. The van der Waals surface area contributed by atoms with Crippen LogP contribution in [0.5, 0.6) is 0 Å². The van der Waals surface area contributed by atoms with Crippen LogP contribution in [-0.4, -0.2) is 29.0 Å². The maximum absolute atomic E-state index is 11.5. The molecule has 2 aromatic rings. The van der Waals surface area contributed by atoms with E-state index in [0.717, 1.165) is 24.1 Å². The normalized spacial score (nSPS) is 22.7. The zero-order chi connectivity index (χ0) is 15.0. The second kappa shape index (κ2) is 5.57.